The van der Waals surface area contributed by atoms with Crippen LogP contribution in [0, 0.1) is 5.92 Å². The van der Waals surface area contributed by atoms with E-state index in [-0.39, 0.29) is 18.2 Å². The largest absolute Gasteiger partial charge is 0.447 e. The van der Waals surface area contributed by atoms with Crippen LogP contribution in [0.4, 0.5) is 4.79 Å². The third kappa shape index (κ3) is 8.05. The highest BCUT2D eigenvalue weighted by atomic mass is 32.2. The first kappa shape index (κ1) is 30.0. The Balaban J connectivity index is 1.41. The summed E-state index contributed by atoms with van der Waals surface area (Å²) in [6.07, 6.45) is 9.41. The second-order valence-corrected chi connectivity index (χ2v) is 14.7. The Kier molecular flexibility index (Phi) is 10.1. The van der Waals surface area contributed by atoms with E-state index in [9.17, 15) is 13.2 Å². The van der Waals surface area contributed by atoms with E-state index in [1.807, 2.05) is 39.1 Å². The van der Waals surface area contributed by atoms with Crippen molar-refractivity contribution in [2.75, 3.05) is 26.2 Å². The number of hydrogen-bond donors (Lipinski definition) is 3. The van der Waals surface area contributed by atoms with E-state index in [1.54, 1.807) is 11.3 Å². The van der Waals surface area contributed by atoms with E-state index in [0.717, 1.165) is 66.5 Å². The topological polar surface area (TPSA) is 113 Å². The highest BCUT2D eigenvalue weighted by Crippen LogP contribution is 2.39. The normalized spacial score (nSPS) is 24.7. The zero-order valence-electron chi connectivity index (χ0n) is 23.9. The monoisotopic (exact) mass is 579 g/mol. The summed E-state index contributed by atoms with van der Waals surface area (Å²) in [4.78, 5) is 20.0. The van der Waals surface area contributed by atoms with Gasteiger partial charge in [0, 0.05) is 56.5 Å². The molecule has 11 heteroatoms. The zero-order valence-corrected chi connectivity index (χ0v) is 25.5. The molecule has 1 unspecified atom stereocenters. The Morgan fingerprint density at radius 3 is 2.49 bits per heavy atom. The summed E-state index contributed by atoms with van der Waals surface area (Å²) < 4.78 is 34.5. The van der Waals surface area contributed by atoms with Crippen LogP contribution in [0.5, 0.6) is 0 Å². The number of alkyl carbamates (subject to hydrolysis) is 1. The van der Waals surface area contributed by atoms with Crippen LogP contribution in [-0.2, 0) is 14.8 Å². The average Bonchev–Trinajstić information content (AvgIpc) is 3.32. The zero-order chi connectivity index (χ0) is 28.2. The van der Waals surface area contributed by atoms with E-state index in [0.29, 0.717) is 30.8 Å². The van der Waals surface area contributed by atoms with Crippen LogP contribution in [0.1, 0.15) is 82.5 Å². The lowest BCUT2D eigenvalue weighted by Gasteiger charge is -2.42. The molecule has 0 spiro atoms. The van der Waals surface area contributed by atoms with Crippen LogP contribution in [0.3, 0.4) is 0 Å². The van der Waals surface area contributed by atoms with E-state index in [2.05, 4.69) is 34.1 Å². The lowest BCUT2D eigenvalue weighted by molar-refractivity contribution is 0.109. The quantitative estimate of drug-likeness (QED) is 0.360. The van der Waals surface area contributed by atoms with E-state index >= 15 is 0 Å². The minimum atomic E-state index is -3.54. The number of rotatable bonds is 11. The molecular weight excluding hydrogens is 534 g/mol. The number of allylic oxidation sites excluding steroid dienone is 3. The Morgan fingerprint density at radius 1 is 1.13 bits per heavy atom. The second kappa shape index (κ2) is 13.1. The Morgan fingerprint density at radius 2 is 1.85 bits per heavy atom. The van der Waals surface area contributed by atoms with Crippen molar-refractivity contribution in [3.05, 3.63) is 33.9 Å². The number of carbonyl (C=O) groups is 1. The van der Waals surface area contributed by atoms with Gasteiger partial charge in [0.15, 0.2) is 0 Å². The standard InChI is InChI=1S/C28H45N5O4S2/c1-6-30-39(35,36)26-13-22(31-23-16-33(17-23)15-18(2)3)11-12-24(26)25-14-29-27(38-25)20-7-9-21(10-8-20)32-28(34)37-19(4)5/h11-12,14,18-21,23,26,30-31H,6-10,13,15-17H2,1-5H3,(H,32,34). The molecule has 2 aliphatic carbocycles. The fraction of sp³-hybridized carbons (Fsp3) is 0.714. The fourth-order valence-electron chi connectivity index (χ4n) is 5.70. The maximum absolute atomic E-state index is 13.3. The number of thiazole rings is 1. The predicted octanol–water partition coefficient (Wildman–Crippen LogP) is 4.21. The van der Waals surface area contributed by atoms with Crippen molar-refractivity contribution in [3.63, 3.8) is 0 Å². The number of likely N-dealkylation sites (tertiary alicyclic amines) is 1. The SMILES string of the molecule is CCNS(=O)(=O)C1CC(NC2CN(CC(C)C)C2)=CC=C1c1cnc(C2CCC(NC(=O)OC(C)C)CC2)s1. The lowest BCUT2D eigenvalue weighted by Crippen LogP contribution is -2.58. The molecular formula is C28H45N5O4S2. The number of amides is 1. The lowest BCUT2D eigenvalue weighted by atomic mass is 9.86. The molecule has 0 bridgehead atoms. The summed E-state index contributed by atoms with van der Waals surface area (Å²) in [6, 6.07) is 0.478. The van der Waals surface area contributed by atoms with Gasteiger partial charge in [-0.2, -0.15) is 0 Å². The van der Waals surface area contributed by atoms with Crippen LogP contribution in [0.25, 0.3) is 5.57 Å². The molecule has 39 heavy (non-hydrogen) atoms. The fourth-order valence-corrected chi connectivity index (χ4v) is 8.48. The van der Waals surface area contributed by atoms with Gasteiger partial charge < -0.3 is 15.4 Å². The molecule has 1 amide bonds. The summed E-state index contributed by atoms with van der Waals surface area (Å²) in [5.74, 6) is 0.959. The molecule has 3 N–H and O–H groups in total. The van der Waals surface area contributed by atoms with Gasteiger partial charge in [-0.25, -0.2) is 22.9 Å². The number of hydrogen-bond acceptors (Lipinski definition) is 8. The van der Waals surface area contributed by atoms with E-state index in [4.69, 9.17) is 9.72 Å². The molecule has 1 saturated carbocycles. The first-order valence-electron chi connectivity index (χ1n) is 14.3. The third-order valence-corrected chi connectivity index (χ3v) is 10.5. The maximum Gasteiger partial charge on any atom is 0.407 e. The van der Waals surface area contributed by atoms with Gasteiger partial charge in [-0.15, -0.1) is 11.3 Å². The van der Waals surface area contributed by atoms with Gasteiger partial charge >= 0.3 is 6.09 Å². The smallest absolute Gasteiger partial charge is 0.407 e. The highest BCUT2D eigenvalue weighted by Gasteiger charge is 2.35. The van der Waals surface area contributed by atoms with Gasteiger partial charge in [0.2, 0.25) is 10.0 Å². The van der Waals surface area contributed by atoms with Gasteiger partial charge in [0.05, 0.1) is 22.0 Å². The molecule has 1 aromatic heterocycles. The van der Waals surface area contributed by atoms with Crippen molar-refractivity contribution < 1.29 is 17.9 Å². The van der Waals surface area contributed by atoms with Crippen LogP contribution in [0.15, 0.2) is 24.0 Å². The summed E-state index contributed by atoms with van der Waals surface area (Å²) in [5, 5.41) is 6.95. The number of nitrogens with zero attached hydrogens (tertiary/aromatic N) is 2. The van der Waals surface area contributed by atoms with Crippen molar-refractivity contribution in [1.82, 2.24) is 25.2 Å². The molecule has 0 aromatic carbocycles. The molecule has 218 valence electrons. The Bertz CT molecular complexity index is 1150. The minimum absolute atomic E-state index is 0.117. The molecule has 1 aliphatic heterocycles. The van der Waals surface area contributed by atoms with Crippen molar-refractivity contribution in [1.29, 1.82) is 0 Å². The Labute approximate surface area is 237 Å². The maximum atomic E-state index is 13.3. The Hall–Kier alpha value is -1.95. The molecule has 2 fully saturated rings. The molecule has 3 aliphatic rings. The third-order valence-electron chi connectivity index (χ3n) is 7.46. The van der Waals surface area contributed by atoms with Gasteiger partial charge in [-0.3, -0.25) is 4.90 Å². The number of carbonyl (C=O) groups excluding carboxylic acids is 1. The molecule has 1 atom stereocenters. The van der Waals surface area contributed by atoms with Gasteiger partial charge in [0.25, 0.3) is 0 Å². The first-order chi connectivity index (χ1) is 18.5. The number of ether oxygens (including phenoxy) is 1. The van der Waals surface area contributed by atoms with Crippen LogP contribution in [-0.4, -0.2) is 74.0 Å². The van der Waals surface area contributed by atoms with Crippen molar-refractivity contribution in [3.8, 4) is 0 Å². The molecule has 2 heterocycles. The van der Waals surface area contributed by atoms with Crippen molar-refractivity contribution in [2.45, 2.75) is 96.1 Å². The predicted molar refractivity (Wildman–Crippen MR) is 157 cm³/mol. The van der Waals surface area contributed by atoms with Gasteiger partial charge in [-0.05, 0) is 57.1 Å². The first-order valence-corrected chi connectivity index (χ1v) is 16.7. The highest BCUT2D eigenvalue weighted by molar-refractivity contribution is 7.90. The van der Waals surface area contributed by atoms with E-state index in [1.165, 1.54) is 0 Å². The average molecular weight is 580 g/mol. The number of aromatic nitrogens is 1. The van der Waals surface area contributed by atoms with E-state index < -0.39 is 15.3 Å². The second-order valence-electron chi connectivity index (χ2n) is 11.7. The molecule has 9 nitrogen and oxygen atoms in total. The molecule has 4 rings (SSSR count). The van der Waals surface area contributed by atoms with Gasteiger partial charge in [0.1, 0.15) is 5.25 Å². The van der Waals surface area contributed by atoms with Crippen molar-refractivity contribution >= 4 is 33.0 Å². The minimum Gasteiger partial charge on any atom is -0.447 e. The summed E-state index contributed by atoms with van der Waals surface area (Å²) in [7, 11) is -3.54. The summed E-state index contributed by atoms with van der Waals surface area (Å²) in [5.41, 5.74) is 1.79. The van der Waals surface area contributed by atoms with Crippen molar-refractivity contribution in [2.24, 2.45) is 5.92 Å². The summed E-state index contributed by atoms with van der Waals surface area (Å²) in [6.45, 7) is 13.4. The number of nitrogens with one attached hydrogen (secondary N) is 3. The molecule has 1 aromatic rings. The van der Waals surface area contributed by atoms with Crippen LogP contribution in [0.2, 0.25) is 0 Å². The molecule has 1 saturated heterocycles. The van der Waals surface area contributed by atoms with Crippen LogP contribution >= 0.6 is 11.3 Å². The van der Waals surface area contributed by atoms with Gasteiger partial charge in [-0.1, -0.05) is 26.8 Å². The summed E-state index contributed by atoms with van der Waals surface area (Å²) >= 11 is 1.60. The van der Waals surface area contributed by atoms with Crippen LogP contribution < -0.4 is 15.4 Å². The molecule has 0 radical (unpaired) electrons. The number of sulfonamides is 1.